The fourth-order valence-electron chi connectivity index (χ4n) is 1.63. The van der Waals surface area contributed by atoms with E-state index in [9.17, 15) is 8.42 Å². The summed E-state index contributed by atoms with van der Waals surface area (Å²) in [5.74, 6) is 0.534. The Bertz CT molecular complexity index is 712. The Hall–Kier alpha value is -1.38. The molecule has 0 amide bonds. The molecular formula is C12H14BrN3O3S. The molecule has 0 saturated heterocycles. The number of sulfonamides is 1. The van der Waals surface area contributed by atoms with Gasteiger partial charge in [-0.1, -0.05) is 0 Å². The maximum absolute atomic E-state index is 12.4. The fraction of sp³-hybridized carbons (Fsp3) is 0.250. The maximum Gasteiger partial charge on any atom is 0.266 e. The number of pyridine rings is 1. The van der Waals surface area contributed by atoms with Gasteiger partial charge in [-0.3, -0.25) is 9.71 Å². The monoisotopic (exact) mass is 359 g/mol. The van der Waals surface area contributed by atoms with Gasteiger partial charge in [-0.2, -0.15) is 0 Å². The summed E-state index contributed by atoms with van der Waals surface area (Å²) < 4.78 is 32.7. The molecule has 2 heterocycles. The summed E-state index contributed by atoms with van der Waals surface area (Å²) in [4.78, 5) is 3.99. The van der Waals surface area contributed by atoms with Crippen LogP contribution in [0.2, 0.25) is 0 Å². The number of furan rings is 1. The molecule has 0 saturated carbocycles. The normalized spacial score (nSPS) is 11.6. The van der Waals surface area contributed by atoms with Crippen molar-refractivity contribution in [3.8, 4) is 0 Å². The van der Waals surface area contributed by atoms with Gasteiger partial charge in [-0.25, -0.2) is 8.42 Å². The number of nitrogens with zero attached hydrogens (tertiary/aromatic N) is 1. The van der Waals surface area contributed by atoms with Crippen molar-refractivity contribution < 1.29 is 12.8 Å². The first-order valence-corrected chi connectivity index (χ1v) is 8.08. The number of halogens is 1. The van der Waals surface area contributed by atoms with Gasteiger partial charge in [0, 0.05) is 18.5 Å². The van der Waals surface area contributed by atoms with Gasteiger partial charge in [0.1, 0.15) is 10.7 Å². The van der Waals surface area contributed by atoms with Crippen molar-refractivity contribution in [1.82, 2.24) is 10.3 Å². The molecule has 0 aromatic carbocycles. The maximum atomic E-state index is 12.4. The van der Waals surface area contributed by atoms with Crippen molar-refractivity contribution in [3.63, 3.8) is 0 Å². The lowest BCUT2D eigenvalue weighted by molar-refractivity contribution is 0.470. The Morgan fingerprint density at radius 2 is 2.20 bits per heavy atom. The van der Waals surface area contributed by atoms with Crippen LogP contribution in [0.3, 0.4) is 0 Å². The minimum Gasteiger partial charge on any atom is -0.451 e. The Labute approximate surface area is 125 Å². The lowest BCUT2D eigenvalue weighted by Gasteiger charge is -2.08. The summed E-state index contributed by atoms with van der Waals surface area (Å²) in [6, 6.07) is 3.09. The molecule has 0 aliphatic carbocycles. The third-order valence-corrected chi connectivity index (χ3v) is 4.83. The van der Waals surface area contributed by atoms with E-state index in [2.05, 4.69) is 31.0 Å². The molecule has 6 nitrogen and oxygen atoms in total. The van der Waals surface area contributed by atoms with Crippen LogP contribution in [0.4, 0.5) is 5.69 Å². The number of aromatic nitrogens is 1. The lowest BCUT2D eigenvalue weighted by Crippen LogP contribution is -2.13. The highest BCUT2D eigenvalue weighted by molar-refractivity contribution is 9.10. The van der Waals surface area contributed by atoms with Gasteiger partial charge < -0.3 is 9.73 Å². The number of rotatable bonds is 5. The molecule has 0 aliphatic rings. The Kier molecular flexibility index (Phi) is 4.46. The summed E-state index contributed by atoms with van der Waals surface area (Å²) in [6.07, 6.45) is 3.12. The lowest BCUT2D eigenvalue weighted by atomic mass is 10.3. The highest BCUT2D eigenvalue weighted by Gasteiger charge is 2.23. The van der Waals surface area contributed by atoms with Crippen LogP contribution in [0, 0.1) is 6.92 Å². The largest absolute Gasteiger partial charge is 0.451 e. The molecule has 0 fully saturated rings. The first-order valence-electron chi connectivity index (χ1n) is 5.80. The van der Waals surface area contributed by atoms with Gasteiger partial charge >= 0.3 is 0 Å². The average Bonchev–Trinajstić information content (AvgIpc) is 2.74. The van der Waals surface area contributed by atoms with E-state index >= 15 is 0 Å². The van der Waals surface area contributed by atoms with Crippen LogP contribution < -0.4 is 10.0 Å². The molecule has 108 valence electrons. The van der Waals surface area contributed by atoms with Crippen molar-refractivity contribution >= 4 is 31.6 Å². The van der Waals surface area contributed by atoms with E-state index in [1.165, 1.54) is 12.3 Å². The van der Waals surface area contributed by atoms with Crippen LogP contribution in [0.25, 0.3) is 0 Å². The van der Waals surface area contributed by atoms with Crippen molar-refractivity contribution in [2.24, 2.45) is 0 Å². The third-order valence-electron chi connectivity index (χ3n) is 2.61. The highest BCUT2D eigenvalue weighted by atomic mass is 79.9. The van der Waals surface area contributed by atoms with E-state index < -0.39 is 10.0 Å². The fourth-order valence-corrected chi connectivity index (χ4v) is 3.76. The number of hydrogen-bond acceptors (Lipinski definition) is 5. The minimum atomic E-state index is -3.71. The second-order valence-corrected chi connectivity index (χ2v) is 6.55. The topological polar surface area (TPSA) is 84.2 Å². The first-order chi connectivity index (χ1) is 9.44. The smallest absolute Gasteiger partial charge is 0.266 e. The first kappa shape index (κ1) is 15.0. The molecular weight excluding hydrogens is 346 g/mol. The molecule has 2 aromatic heterocycles. The van der Waals surface area contributed by atoms with E-state index in [4.69, 9.17) is 4.42 Å². The van der Waals surface area contributed by atoms with Crippen LogP contribution >= 0.6 is 15.9 Å². The quantitative estimate of drug-likeness (QED) is 0.855. The second kappa shape index (κ2) is 5.94. The van der Waals surface area contributed by atoms with Gasteiger partial charge in [0.25, 0.3) is 10.0 Å². The van der Waals surface area contributed by atoms with E-state index in [0.717, 1.165) is 5.56 Å². The summed E-state index contributed by atoms with van der Waals surface area (Å²) >= 11 is 3.13. The van der Waals surface area contributed by atoms with Crippen LogP contribution in [0.15, 0.2) is 38.5 Å². The van der Waals surface area contributed by atoms with Crippen molar-refractivity contribution in [2.75, 3.05) is 11.8 Å². The number of nitrogens with one attached hydrogen (secondary N) is 2. The van der Waals surface area contributed by atoms with E-state index in [1.54, 1.807) is 26.2 Å². The standard InChI is InChI=1S/C12H14BrN3O3S/c1-8-6-15-4-3-10(8)16-20(17,18)11-5-9(7-14-2)19-12(11)13/h3-6,14H,7H2,1-2H3,(H,15,16). The molecule has 2 rings (SSSR count). The highest BCUT2D eigenvalue weighted by Crippen LogP contribution is 2.28. The van der Waals surface area contributed by atoms with E-state index in [0.29, 0.717) is 18.0 Å². The molecule has 8 heteroatoms. The zero-order chi connectivity index (χ0) is 14.8. The summed E-state index contributed by atoms with van der Waals surface area (Å²) in [7, 11) is -1.96. The summed E-state index contributed by atoms with van der Waals surface area (Å²) in [5.41, 5.74) is 1.23. The zero-order valence-corrected chi connectivity index (χ0v) is 13.4. The number of aryl methyl sites for hydroxylation is 1. The molecule has 0 bridgehead atoms. The van der Waals surface area contributed by atoms with Crippen molar-refractivity contribution in [3.05, 3.63) is 40.5 Å². The van der Waals surface area contributed by atoms with Crippen LogP contribution in [-0.2, 0) is 16.6 Å². The van der Waals surface area contributed by atoms with Crippen LogP contribution in [-0.4, -0.2) is 20.4 Å². The molecule has 20 heavy (non-hydrogen) atoms. The predicted molar refractivity (Wildman–Crippen MR) is 79.0 cm³/mol. The summed E-state index contributed by atoms with van der Waals surface area (Å²) in [5, 5.41) is 2.90. The van der Waals surface area contributed by atoms with Crippen LogP contribution in [0.5, 0.6) is 0 Å². The minimum absolute atomic E-state index is 0.0685. The third kappa shape index (κ3) is 3.20. The van der Waals surface area contributed by atoms with Gasteiger partial charge in [0.2, 0.25) is 0 Å². The summed E-state index contributed by atoms with van der Waals surface area (Å²) in [6.45, 7) is 2.23. The average molecular weight is 360 g/mol. The SMILES string of the molecule is CNCc1cc(S(=O)(=O)Nc2ccncc2C)c(Br)o1. The van der Waals surface area contributed by atoms with Gasteiger partial charge in [-0.05, 0) is 41.5 Å². The molecule has 0 aliphatic heterocycles. The number of anilines is 1. The van der Waals surface area contributed by atoms with Gasteiger partial charge in [0.15, 0.2) is 4.67 Å². The molecule has 2 aromatic rings. The predicted octanol–water partition coefficient (Wildman–Crippen LogP) is 2.27. The van der Waals surface area contributed by atoms with Crippen LogP contribution in [0.1, 0.15) is 11.3 Å². The van der Waals surface area contributed by atoms with Gasteiger partial charge in [-0.15, -0.1) is 0 Å². The van der Waals surface area contributed by atoms with Crippen molar-refractivity contribution in [2.45, 2.75) is 18.4 Å². The Balaban J connectivity index is 2.33. The molecule has 2 N–H and O–H groups in total. The van der Waals surface area contributed by atoms with Crippen molar-refractivity contribution in [1.29, 1.82) is 0 Å². The Morgan fingerprint density at radius 3 is 2.85 bits per heavy atom. The molecule has 0 unspecified atom stereocenters. The number of hydrogen-bond donors (Lipinski definition) is 2. The zero-order valence-electron chi connectivity index (χ0n) is 11.0. The van der Waals surface area contributed by atoms with E-state index in [-0.39, 0.29) is 9.56 Å². The molecule has 0 atom stereocenters. The van der Waals surface area contributed by atoms with Gasteiger partial charge in [0.05, 0.1) is 12.2 Å². The molecule has 0 spiro atoms. The van der Waals surface area contributed by atoms with E-state index in [1.807, 2.05) is 0 Å². The Morgan fingerprint density at radius 1 is 1.45 bits per heavy atom. The second-order valence-electron chi connectivity index (χ2n) is 4.18. The molecule has 0 radical (unpaired) electrons.